The summed E-state index contributed by atoms with van der Waals surface area (Å²) < 4.78 is 0. The fraction of sp³-hybridized carbons (Fsp3) is 0.579. The molecule has 0 unspecified atom stereocenters. The minimum atomic E-state index is -0.804. The second-order valence-electron chi connectivity index (χ2n) is 7.31. The number of carbonyl (C=O) groups is 2. The van der Waals surface area contributed by atoms with Gasteiger partial charge in [0.15, 0.2) is 0 Å². The van der Waals surface area contributed by atoms with Crippen molar-refractivity contribution < 1.29 is 14.7 Å². The highest BCUT2D eigenvalue weighted by atomic mass is 35.5. The monoisotopic (exact) mass is 379 g/mol. The van der Waals surface area contributed by atoms with E-state index in [-0.39, 0.29) is 30.7 Å². The third-order valence-electron chi connectivity index (χ3n) is 5.52. The summed E-state index contributed by atoms with van der Waals surface area (Å²) in [5.41, 5.74) is 1.27. The lowest BCUT2D eigenvalue weighted by Gasteiger charge is -2.43. The third-order valence-corrected chi connectivity index (χ3v) is 5.78. The Labute approximate surface area is 158 Å². The van der Waals surface area contributed by atoms with Gasteiger partial charge in [-0.2, -0.15) is 0 Å². The number of likely N-dealkylation sites (N-methyl/N-ethyl adjacent to an activating group) is 1. The van der Waals surface area contributed by atoms with E-state index in [0.717, 1.165) is 30.7 Å². The molecule has 0 aromatic heterocycles. The molecule has 1 aromatic rings. The van der Waals surface area contributed by atoms with Crippen molar-refractivity contribution in [2.75, 3.05) is 13.1 Å². The van der Waals surface area contributed by atoms with E-state index in [9.17, 15) is 9.59 Å². The van der Waals surface area contributed by atoms with E-state index < -0.39 is 5.97 Å². The molecular weight excluding hydrogens is 354 g/mol. The molecule has 0 bridgehead atoms. The van der Waals surface area contributed by atoms with Crippen molar-refractivity contribution in [3.63, 3.8) is 0 Å². The van der Waals surface area contributed by atoms with Gasteiger partial charge in [0.2, 0.25) is 0 Å². The second-order valence-corrected chi connectivity index (χ2v) is 7.75. The average Bonchev–Trinajstić information content (AvgIpc) is 2.52. The van der Waals surface area contributed by atoms with Gasteiger partial charge in [0.25, 0.3) is 0 Å². The molecule has 0 spiro atoms. The molecule has 0 aliphatic heterocycles. The maximum absolute atomic E-state index is 12.1. The van der Waals surface area contributed by atoms with Crippen LogP contribution in [0.25, 0.3) is 0 Å². The van der Waals surface area contributed by atoms with E-state index in [2.05, 4.69) is 22.8 Å². The third kappa shape index (κ3) is 4.68. The fourth-order valence-corrected chi connectivity index (χ4v) is 3.96. The second kappa shape index (κ2) is 8.27. The van der Waals surface area contributed by atoms with Gasteiger partial charge in [0, 0.05) is 23.1 Å². The number of benzene rings is 1. The predicted octanol–water partition coefficient (Wildman–Crippen LogP) is 2.82. The number of amides is 2. The van der Waals surface area contributed by atoms with Crippen LogP contribution >= 0.6 is 11.6 Å². The molecule has 2 aliphatic carbocycles. The highest BCUT2D eigenvalue weighted by molar-refractivity contribution is 6.30. The van der Waals surface area contributed by atoms with Crippen LogP contribution in [0.15, 0.2) is 24.3 Å². The van der Waals surface area contributed by atoms with Gasteiger partial charge in [-0.15, -0.1) is 0 Å². The molecule has 3 rings (SSSR count). The topological polar surface area (TPSA) is 81.7 Å². The minimum Gasteiger partial charge on any atom is -0.480 e. The number of urea groups is 1. The van der Waals surface area contributed by atoms with Crippen molar-refractivity contribution in [3.8, 4) is 0 Å². The van der Waals surface area contributed by atoms with Crippen molar-refractivity contribution >= 4 is 23.6 Å². The average molecular weight is 380 g/mol. The van der Waals surface area contributed by atoms with Gasteiger partial charge in [-0.1, -0.05) is 30.7 Å². The van der Waals surface area contributed by atoms with Gasteiger partial charge < -0.3 is 15.7 Å². The van der Waals surface area contributed by atoms with Crippen LogP contribution in [-0.2, 0) is 4.79 Å². The number of carbonyl (C=O) groups excluding carboxylic acids is 1. The van der Waals surface area contributed by atoms with Gasteiger partial charge in [-0.05, 0) is 55.8 Å². The van der Waals surface area contributed by atoms with Gasteiger partial charge in [0.05, 0.1) is 6.54 Å². The number of carboxylic acids is 1. The summed E-state index contributed by atoms with van der Waals surface area (Å²) in [5, 5.41) is 15.7. The van der Waals surface area contributed by atoms with Crippen molar-refractivity contribution in [1.29, 1.82) is 0 Å². The summed E-state index contributed by atoms with van der Waals surface area (Å²) in [6, 6.07) is 8.39. The Kier molecular flexibility index (Phi) is 6.04. The van der Waals surface area contributed by atoms with Crippen molar-refractivity contribution in [1.82, 2.24) is 15.5 Å². The Morgan fingerprint density at radius 3 is 2.23 bits per heavy atom. The standard InChI is InChI=1S/C19H26ClN3O3/c1-2-23(11-18(24)25)17-9-16(10-17)22-19(26)21-15-7-13(8-15)12-3-5-14(20)6-4-12/h3-6,13,15-17H,2,7-11H2,1H3,(H,24,25)(H2,21,22,26). The number of rotatable bonds is 7. The first-order valence-corrected chi connectivity index (χ1v) is 9.60. The number of aliphatic carboxylic acids is 1. The molecule has 2 aliphatic rings. The molecule has 0 heterocycles. The normalized spacial score (nSPS) is 27.3. The van der Waals surface area contributed by atoms with Crippen LogP contribution in [0.3, 0.4) is 0 Å². The summed E-state index contributed by atoms with van der Waals surface area (Å²) in [6.45, 7) is 2.74. The number of hydrogen-bond donors (Lipinski definition) is 3. The van der Waals surface area contributed by atoms with Crippen LogP contribution in [0.1, 0.15) is 44.1 Å². The van der Waals surface area contributed by atoms with E-state index in [1.165, 1.54) is 5.56 Å². The summed E-state index contributed by atoms with van der Waals surface area (Å²) >= 11 is 5.91. The maximum atomic E-state index is 12.1. The summed E-state index contributed by atoms with van der Waals surface area (Å²) in [7, 11) is 0. The lowest BCUT2D eigenvalue weighted by atomic mass is 9.76. The molecular formula is C19H26ClN3O3. The summed E-state index contributed by atoms with van der Waals surface area (Å²) in [5.74, 6) is -0.319. The van der Waals surface area contributed by atoms with E-state index in [4.69, 9.17) is 16.7 Å². The van der Waals surface area contributed by atoms with Crippen molar-refractivity contribution in [2.24, 2.45) is 0 Å². The number of carboxylic acid groups (broad SMARTS) is 1. The minimum absolute atomic E-state index is 0.0637. The van der Waals surface area contributed by atoms with E-state index in [1.807, 2.05) is 24.0 Å². The van der Waals surface area contributed by atoms with E-state index >= 15 is 0 Å². The lowest BCUT2D eigenvalue weighted by Crippen LogP contribution is -2.58. The Morgan fingerprint density at radius 2 is 1.69 bits per heavy atom. The zero-order valence-electron chi connectivity index (χ0n) is 15.0. The smallest absolute Gasteiger partial charge is 0.317 e. The van der Waals surface area contributed by atoms with Crippen LogP contribution in [0.4, 0.5) is 4.79 Å². The predicted molar refractivity (Wildman–Crippen MR) is 101 cm³/mol. The Hall–Kier alpha value is -1.79. The molecule has 0 atom stereocenters. The molecule has 26 heavy (non-hydrogen) atoms. The quantitative estimate of drug-likeness (QED) is 0.680. The Bertz CT molecular complexity index is 640. The van der Waals surface area contributed by atoms with Crippen molar-refractivity contribution in [3.05, 3.63) is 34.9 Å². The fourth-order valence-electron chi connectivity index (χ4n) is 3.83. The van der Waals surface area contributed by atoms with E-state index in [0.29, 0.717) is 12.5 Å². The Morgan fingerprint density at radius 1 is 1.12 bits per heavy atom. The largest absolute Gasteiger partial charge is 0.480 e. The molecule has 7 heteroatoms. The van der Waals surface area contributed by atoms with E-state index in [1.54, 1.807) is 0 Å². The number of nitrogens with one attached hydrogen (secondary N) is 2. The molecule has 0 saturated heterocycles. The van der Waals surface area contributed by atoms with Crippen molar-refractivity contribution in [2.45, 2.75) is 56.7 Å². The Balaban J connectivity index is 1.34. The molecule has 142 valence electrons. The zero-order chi connectivity index (χ0) is 18.7. The van der Waals surface area contributed by atoms with Gasteiger partial charge >= 0.3 is 12.0 Å². The molecule has 2 amide bonds. The number of nitrogens with zero attached hydrogens (tertiary/aromatic N) is 1. The molecule has 0 radical (unpaired) electrons. The van der Waals surface area contributed by atoms with Gasteiger partial charge in [-0.25, -0.2) is 4.79 Å². The molecule has 6 nitrogen and oxygen atoms in total. The molecule has 2 fully saturated rings. The van der Waals surface area contributed by atoms with Crippen LogP contribution in [0.5, 0.6) is 0 Å². The first-order chi connectivity index (χ1) is 12.4. The summed E-state index contributed by atoms with van der Waals surface area (Å²) in [4.78, 5) is 24.9. The molecule has 3 N–H and O–H groups in total. The van der Waals surface area contributed by atoms with Gasteiger partial charge in [-0.3, -0.25) is 9.69 Å². The number of halogens is 1. The van der Waals surface area contributed by atoms with Crippen LogP contribution in [0.2, 0.25) is 5.02 Å². The lowest BCUT2D eigenvalue weighted by molar-refractivity contribution is -0.139. The molecule has 2 saturated carbocycles. The molecule has 1 aromatic carbocycles. The zero-order valence-corrected chi connectivity index (χ0v) is 15.7. The first-order valence-electron chi connectivity index (χ1n) is 9.23. The maximum Gasteiger partial charge on any atom is 0.317 e. The highest BCUT2D eigenvalue weighted by Gasteiger charge is 2.36. The van der Waals surface area contributed by atoms with Crippen LogP contribution < -0.4 is 10.6 Å². The highest BCUT2D eigenvalue weighted by Crippen LogP contribution is 2.37. The van der Waals surface area contributed by atoms with Crippen LogP contribution in [-0.4, -0.2) is 53.2 Å². The SMILES string of the molecule is CCN(CC(=O)O)C1CC(NC(=O)NC2CC(c3ccc(Cl)cc3)C2)C1. The summed E-state index contributed by atoms with van der Waals surface area (Å²) in [6.07, 6.45) is 3.52. The first kappa shape index (κ1) is 19.0. The van der Waals surface area contributed by atoms with Crippen LogP contribution in [0, 0.1) is 0 Å². The number of hydrogen-bond acceptors (Lipinski definition) is 3. The van der Waals surface area contributed by atoms with Gasteiger partial charge in [0.1, 0.15) is 0 Å².